The Balaban J connectivity index is 2.22. The molecule has 0 aliphatic heterocycles. The van der Waals surface area contributed by atoms with Crippen LogP contribution in [0.25, 0.3) is 0 Å². The Labute approximate surface area is 127 Å². The number of carbonyl (C=O) groups is 2. The standard InChI is InChI=1S/C15H16Cl2O3/c1-8(2)6-15(14(19)20)7-10(15)13(18)9-3-4-11(16)12(17)5-9/h3-5,8,10H,6-7H2,1-2H3,(H,19,20)/t10-,15+/m1/s1. The molecule has 5 heteroatoms. The first kappa shape index (κ1) is 15.3. The van der Waals surface area contributed by atoms with Gasteiger partial charge in [0.1, 0.15) is 0 Å². The Bertz CT molecular complexity index is 568. The Morgan fingerprint density at radius 1 is 1.35 bits per heavy atom. The third kappa shape index (κ3) is 2.70. The maximum Gasteiger partial charge on any atom is 0.310 e. The van der Waals surface area contributed by atoms with Crippen molar-refractivity contribution in [3.05, 3.63) is 33.8 Å². The number of carbonyl (C=O) groups excluding carboxylic acids is 1. The van der Waals surface area contributed by atoms with Crippen LogP contribution in [0.5, 0.6) is 0 Å². The first-order chi connectivity index (χ1) is 9.28. The van der Waals surface area contributed by atoms with Crippen LogP contribution in [0.3, 0.4) is 0 Å². The largest absolute Gasteiger partial charge is 0.481 e. The van der Waals surface area contributed by atoms with E-state index in [0.717, 1.165) is 0 Å². The molecule has 1 saturated carbocycles. The van der Waals surface area contributed by atoms with Crippen molar-refractivity contribution in [3.8, 4) is 0 Å². The van der Waals surface area contributed by atoms with E-state index >= 15 is 0 Å². The van der Waals surface area contributed by atoms with E-state index < -0.39 is 17.3 Å². The number of Topliss-reactive ketones (excluding diaryl/α,β-unsaturated/α-hetero) is 1. The summed E-state index contributed by atoms with van der Waals surface area (Å²) in [6.45, 7) is 3.92. The second kappa shape index (κ2) is 5.38. The van der Waals surface area contributed by atoms with Gasteiger partial charge in [0, 0.05) is 11.5 Å². The van der Waals surface area contributed by atoms with Crippen LogP contribution in [0.1, 0.15) is 37.0 Å². The molecule has 1 aromatic rings. The number of aliphatic carboxylic acids is 1. The number of hydrogen-bond acceptors (Lipinski definition) is 2. The van der Waals surface area contributed by atoms with Crippen LogP contribution in [0.15, 0.2) is 18.2 Å². The smallest absolute Gasteiger partial charge is 0.310 e. The minimum Gasteiger partial charge on any atom is -0.481 e. The molecule has 2 atom stereocenters. The highest BCUT2D eigenvalue weighted by Crippen LogP contribution is 2.58. The molecule has 1 N–H and O–H groups in total. The molecule has 0 unspecified atom stereocenters. The predicted octanol–water partition coefficient (Wildman–Crippen LogP) is 4.31. The second-order valence-electron chi connectivity index (χ2n) is 5.81. The van der Waals surface area contributed by atoms with Crippen LogP contribution in [0.4, 0.5) is 0 Å². The third-order valence-corrected chi connectivity index (χ3v) is 4.53. The Morgan fingerprint density at radius 2 is 2.00 bits per heavy atom. The summed E-state index contributed by atoms with van der Waals surface area (Å²) in [5.41, 5.74) is -0.478. The first-order valence-corrected chi connectivity index (χ1v) is 7.26. The number of rotatable bonds is 5. The van der Waals surface area contributed by atoms with Gasteiger partial charge in [-0.3, -0.25) is 9.59 Å². The first-order valence-electron chi connectivity index (χ1n) is 6.50. The lowest BCUT2D eigenvalue weighted by molar-refractivity contribution is -0.144. The quantitative estimate of drug-likeness (QED) is 0.824. The third-order valence-electron chi connectivity index (χ3n) is 3.79. The van der Waals surface area contributed by atoms with E-state index in [1.54, 1.807) is 12.1 Å². The van der Waals surface area contributed by atoms with Crippen molar-refractivity contribution in [2.75, 3.05) is 0 Å². The number of halogens is 2. The van der Waals surface area contributed by atoms with Gasteiger partial charge in [0.2, 0.25) is 0 Å². The lowest BCUT2D eigenvalue weighted by Crippen LogP contribution is -2.23. The fourth-order valence-corrected chi connectivity index (χ4v) is 3.08. The number of benzene rings is 1. The summed E-state index contributed by atoms with van der Waals surface area (Å²) in [5, 5.41) is 10.1. The molecule has 0 saturated heterocycles. The minimum absolute atomic E-state index is 0.161. The van der Waals surface area contributed by atoms with E-state index in [1.165, 1.54) is 6.07 Å². The Hall–Kier alpha value is -1.06. The molecule has 0 spiro atoms. The summed E-state index contributed by atoms with van der Waals surface area (Å²) in [7, 11) is 0. The normalized spacial score (nSPS) is 24.8. The molecule has 20 heavy (non-hydrogen) atoms. The van der Waals surface area contributed by atoms with Crippen molar-refractivity contribution < 1.29 is 14.7 Å². The molecule has 108 valence electrons. The molecular weight excluding hydrogens is 299 g/mol. The fourth-order valence-electron chi connectivity index (χ4n) is 2.78. The maximum atomic E-state index is 12.4. The van der Waals surface area contributed by atoms with E-state index in [2.05, 4.69) is 0 Å². The van der Waals surface area contributed by atoms with Gasteiger partial charge in [-0.05, 0) is 37.0 Å². The van der Waals surface area contributed by atoms with E-state index in [-0.39, 0.29) is 11.7 Å². The topological polar surface area (TPSA) is 54.4 Å². The zero-order valence-corrected chi connectivity index (χ0v) is 12.8. The molecule has 1 aromatic carbocycles. The molecule has 0 bridgehead atoms. The van der Waals surface area contributed by atoms with Gasteiger partial charge < -0.3 is 5.11 Å². The maximum absolute atomic E-state index is 12.4. The van der Waals surface area contributed by atoms with Crippen molar-refractivity contribution in [1.29, 1.82) is 0 Å². The van der Waals surface area contributed by atoms with E-state index in [0.29, 0.717) is 28.5 Å². The van der Waals surface area contributed by atoms with Gasteiger partial charge in [-0.2, -0.15) is 0 Å². The Morgan fingerprint density at radius 3 is 2.50 bits per heavy atom. The van der Waals surface area contributed by atoms with E-state index in [9.17, 15) is 14.7 Å². The van der Waals surface area contributed by atoms with Gasteiger partial charge in [0.05, 0.1) is 15.5 Å². The van der Waals surface area contributed by atoms with Crippen molar-refractivity contribution in [2.45, 2.75) is 26.7 Å². The van der Waals surface area contributed by atoms with Crippen LogP contribution in [-0.4, -0.2) is 16.9 Å². The highest BCUT2D eigenvalue weighted by Gasteiger charge is 2.63. The summed E-state index contributed by atoms with van der Waals surface area (Å²) < 4.78 is 0. The van der Waals surface area contributed by atoms with Crippen molar-refractivity contribution in [1.82, 2.24) is 0 Å². The molecular formula is C15H16Cl2O3. The second-order valence-corrected chi connectivity index (χ2v) is 6.62. The molecule has 3 nitrogen and oxygen atoms in total. The van der Waals surface area contributed by atoms with Crippen LogP contribution in [0, 0.1) is 17.3 Å². The average molecular weight is 315 g/mol. The summed E-state index contributed by atoms with van der Waals surface area (Å²) in [6.07, 6.45) is 0.916. The van der Waals surface area contributed by atoms with Crippen LogP contribution >= 0.6 is 23.2 Å². The van der Waals surface area contributed by atoms with Crippen LogP contribution < -0.4 is 0 Å². The highest BCUT2D eigenvalue weighted by atomic mass is 35.5. The van der Waals surface area contributed by atoms with Gasteiger partial charge in [-0.25, -0.2) is 0 Å². The number of ketones is 1. The van der Waals surface area contributed by atoms with Crippen molar-refractivity contribution in [2.24, 2.45) is 17.3 Å². The molecule has 0 aromatic heterocycles. The highest BCUT2D eigenvalue weighted by molar-refractivity contribution is 6.42. The molecule has 1 fully saturated rings. The fraction of sp³-hybridized carbons (Fsp3) is 0.467. The van der Waals surface area contributed by atoms with E-state index in [4.69, 9.17) is 23.2 Å². The summed E-state index contributed by atoms with van der Waals surface area (Å²) in [6, 6.07) is 4.66. The SMILES string of the molecule is CC(C)C[C@]1(C(=O)O)C[C@@H]1C(=O)c1ccc(Cl)c(Cl)c1. The van der Waals surface area contributed by atoms with Gasteiger partial charge in [0.15, 0.2) is 5.78 Å². The molecule has 0 heterocycles. The summed E-state index contributed by atoms with van der Waals surface area (Å²) in [5.74, 6) is -1.27. The number of carboxylic acid groups (broad SMARTS) is 1. The van der Waals surface area contributed by atoms with Gasteiger partial charge >= 0.3 is 5.97 Å². The zero-order chi connectivity index (χ0) is 15.1. The number of carboxylic acids is 1. The van der Waals surface area contributed by atoms with Crippen molar-refractivity contribution >= 4 is 35.0 Å². The molecule has 1 aliphatic carbocycles. The monoisotopic (exact) mass is 314 g/mol. The molecule has 0 amide bonds. The molecule has 1 aliphatic rings. The predicted molar refractivity (Wildman–Crippen MR) is 78.4 cm³/mol. The lowest BCUT2D eigenvalue weighted by atomic mass is 9.89. The number of hydrogen-bond donors (Lipinski definition) is 1. The average Bonchev–Trinajstić information content (AvgIpc) is 3.06. The van der Waals surface area contributed by atoms with E-state index in [1.807, 2.05) is 13.8 Å². The summed E-state index contributed by atoms with van der Waals surface area (Å²) in [4.78, 5) is 23.9. The van der Waals surface area contributed by atoms with Gasteiger partial charge in [-0.1, -0.05) is 37.0 Å². The zero-order valence-electron chi connectivity index (χ0n) is 11.3. The molecule has 2 rings (SSSR count). The van der Waals surface area contributed by atoms with Gasteiger partial charge in [-0.15, -0.1) is 0 Å². The Kier molecular flexibility index (Phi) is 4.12. The summed E-state index contributed by atoms with van der Waals surface area (Å²) >= 11 is 11.7. The lowest BCUT2D eigenvalue weighted by Gasteiger charge is -2.14. The minimum atomic E-state index is -0.905. The van der Waals surface area contributed by atoms with Crippen LogP contribution in [-0.2, 0) is 4.79 Å². The van der Waals surface area contributed by atoms with Crippen molar-refractivity contribution in [3.63, 3.8) is 0 Å². The van der Waals surface area contributed by atoms with Crippen LogP contribution in [0.2, 0.25) is 10.0 Å². The van der Waals surface area contributed by atoms with Gasteiger partial charge in [0.25, 0.3) is 0 Å². The molecule has 0 radical (unpaired) electrons.